The Bertz CT molecular complexity index is 205. The van der Waals surface area contributed by atoms with Crippen molar-refractivity contribution in [2.45, 2.75) is 6.92 Å². The fraction of sp³-hybridized carbons (Fsp3) is 0.167. The molecule has 0 aliphatic rings. The van der Waals surface area contributed by atoms with Crippen LogP contribution >= 0.6 is 0 Å². The van der Waals surface area contributed by atoms with Crippen molar-refractivity contribution in [2.24, 2.45) is 0 Å². The van der Waals surface area contributed by atoms with Crippen molar-refractivity contribution in [3.05, 3.63) is 17.8 Å². The number of hydrogen-bond donors (Lipinski definition) is 0. The molecule has 0 aliphatic heterocycles. The van der Waals surface area contributed by atoms with Crippen molar-refractivity contribution in [1.29, 1.82) is 0 Å². The molecule has 0 spiro atoms. The number of aryl methyl sites for hydroxylation is 1. The molecule has 0 bridgehead atoms. The Morgan fingerprint density at radius 2 is 2.22 bits per heavy atom. The topological polar surface area (TPSA) is 25.8 Å². The van der Waals surface area contributed by atoms with E-state index in [0.717, 1.165) is 10.2 Å². The van der Waals surface area contributed by atoms with Gasteiger partial charge < -0.3 is 0 Å². The molecule has 1 aromatic heterocycles. The summed E-state index contributed by atoms with van der Waals surface area (Å²) in [6, 6.07) is 3.94. The zero-order chi connectivity index (χ0) is 6.69. The normalized spacial score (nSPS) is 8.56. The molecule has 44 valence electrons. The molecular weight excluding hydrogens is 127 g/mol. The number of nitrogens with zero attached hydrogens (tertiary/aromatic N) is 2. The molecule has 2 nitrogen and oxygen atoms in total. The zero-order valence-electron chi connectivity index (χ0n) is 5.33. The van der Waals surface area contributed by atoms with Crippen LogP contribution in [0.2, 0.25) is 0 Å². The maximum atomic E-state index is 3.92. The fourth-order valence-electron chi connectivity index (χ4n) is 0.518. The summed E-state index contributed by atoms with van der Waals surface area (Å²) in [6.45, 7) is 1.93. The first-order chi connectivity index (χ1) is 4.33. The van der Waals surface area contributed by atoms with Crippen LogP contribution in [-0.2, 0) is 0 Å². The average molecular weight is 134 g/mol. The van der Waals surface area contributed by atoms with Crippen LogP contribution in [0.3, 0.4) is 0 Å². The standard InChI is InChI=1S/C5H5N2.CH2.Al/c1-5-3-2-4-6-7-5;;/h2-3H,1H3;1H2;. The molecule has 0 N–H and O–H groups in total. The van der Waals surface area contributed by atoms with Gasteiger partial charge in [0.1, 0.15) is 0 Å². The van der Waals surface area contributed by atoms with Gasteiger partial charge in [0.15, 0.2) is 0 Å². The molecule has 1 heterocycles. The summed E-state index contributed by atoms with van der Waals surface area (Å²) >= 11 is 0.0772. The molecule has 0 saturated heterocycles. The van der Waals surface area contributed by atoms with Gasteiger partial charge in [-0.2, -0.15) is 0 Å². The van der Waals surface area contributed by atoms with Gasteiger partial charge in [-0.3, -0.25) is 0 Å². The van der Waals surface area contributed by atoms with Crippen LogP contribution in [0, 0.1) is 6.92 Å². The first kappa shape index (κ1) is 6.60. The molecule has 0 radical (unpaired) electrons. The Hall–Kier alpha value is -0.518. The Kier molecular flexibility index (Phi) is 2.10. The molecule has 0 aliphatic carbocycles. The molecule has 3 heteroatoms. The Morgan fingerprint density at radius 3 is 2.67 bits per heavy atom. The van der Waals surface area contributed by atoms with Crippen LogP contribution in [0.4, 0.5) is 0 Å². The zero-order valence-corrected chi connectivity index (χ0v) is 6.49. The molecular formula is C6H7AlN2. The molecule has 1 aromatic rings. The van der Waals surface area contributed by atoms with Crippen LogP contribution in [0.1, 0.15) is 5.69 Å². The predicted octanol–water partition coefficient (Wildman–Crippen LogP) is -0.453. The van der Waals surface area contributed by atoms with Gasteiger partial charge in [-0.1, -0.05) is 0 Å². The molecule has 0 saturated carbocycles. The second-order valence-electron chi connectivity index (χ2n) is 1.80. The van der Waals surface area contributed by atoms with Crippen molar-refractivity contribution >= 4 is 24.7 Å². The van der Waals surface area contributed by atoms with E-state index < -0.39 is 0 Å². The van der Waals surface area contributed by atoms with Gasteiger partial charge in [0.25, 0.3) is 0 Å². The van der Waals surface area contributed by atoms with Gasteiger partial charge in [0, 0.05) is 0 Å². The van der Waals surface area contributed by atoms with Gasteiger partial charge >= 0.3 is 59.7 Å². The van der Waals surface area contributed by atoms with Gasteiger partial charge in [-0.25, -0.2) is 0 Å². The second kappa shape index (κ2) is 2.86. The van der Waals surface area contributed by atoms with Crippen LogP contribution in [0.25, 0.3) is 0 Å². The summed E-state index contributed by atoms with van der Waals surface area (Å²) in [6.07, 6.45) is 0. The van der Waals surface area contributed by atoms with Crippen molar-refractivity contribution in [3.8, 4) is 0 Å². The minimum atomic E-state index is 0.0772. The molecule has 0 unspecified atom stereocenters. The molecule has 0 amide bonds. The summed E-state index contributed by atoms with van der Waals surface area (Å²) in [7, 11) is 0. The van der Waals surface area contributed by atoms with E-state index in [-0.39, 0.29) is 14.8 Å². The SMILES string of the molecule is [CH2]=[Al][c]1ccc(C)nn1. The van der Waals surface area contributed by atoms with E-state index >= 15 is 0 Å². The Balaban J connectivity index is 3.01. The number of rotatable bonds is 1. The first-order valence-corrected chi connectivity index (χ1v) is 4.15. The Morgan fingerprint density at radius 1 is 1.44 bits per heavy atom. The quantitative estimate of drug-likeness (QED) is 0.486. The van der Waals surface area contributed by atoms with E-state index in [9.17, 15) is 0 Å². The molecule has 0 fully saturated rings. The molecule has 0 atom stereocenters. The Labute approximate surface area is 60.2 Å². The van der Waals surface area contributed by atoms with E-state index in [4.69, 9.17) is 0 Å². The first-order valence-electron chi connectivity index (χ1n) is 2.75. The van der Waals surface area contributed by atoms with Crippen molar-refractivity contribution in [2.75, 3.05) is 0 Å². The van der Waals surface area contributed by atoms with Gasteiger partial charge in [-0.05, 0) is 0 Å². The van der Waals surface area contributed by atoms with Crippen LogP contribution in [-0.4, -0.2) is 30.4 Å². The monoisotopic (exact) mass is 134 g/mol. The summed E-state index contributed by atoms with van der Waals surface area (Å²) in [5, 5.41) is 11.6. The van der Waals surface area contributed by atoms with E-state index in [0.29, 0.717) is 0 Å². The second-order valence-corrected chi connectivity index (χ2v) is 2.80. The third-order valence-electron chi connectivity index (χ3n) is 1.03. The molecule has 9 heavy (non-hydrogen) atoms. The summed E-state index contributed by atoms with van der Waals surface area (Å²) < 4.78 is 1.03. The van der Waals surface area contributed by atoms with Crippen LogP contribution in [0.15, 0.2) is 12.1 Å². The number of hydrogen-bond acceptors (Lipinski definition) is 2. The molecule has 0 aromatic carbocycles. The van der Waals surface area contributed by atoms with Crippen molar-refractivity contribution in [3.63, 3.8) is 0 Å². The number of aromatic nitrogens is 2. The summed E-state index contributed by atoms with van der Waals surface area (Å²) in [5.41, 5.74) is 0.964. The van der Waals surface area contributed by atoms with E-state index in [1.54, 1.807) is 0 Å². The van der Waals surface area contributed by atoms with E-state index in [1.807, 2.05) is 19.1 Å². The van der Waals surface area contributed by atoms with E-state index in [1.165, 1.54) is 0 Å². The predicted molar refractivity (Wildman–Crippen MR) is 39.3 cm³/mol. The summed E-state index contributed by atoms with van der Waals surface area (Å²) in [5.74, 6) is 0. The van der Waals surface area contributed by atoms with Crippen LogP contribution in [0.5, 0.6) is 0 Å². The maximum absolute atomic E-state index is 3.92. The summed E-state index contributed by atoms with van der Waals surface area (Å²) in [4.78, 5) is 0. The van der Waals surface area contributed by atoms with Crippen LogP contribution < -0.4 is 4.56 Å². The van der Waals surface area contributed by atoms with Crippen molar-refractivity contribution < 1.29 is 0 Å². The third kappa shape index (κ3) is 1.71. The minimum absolute atomic E-state index is 0.0772. The van der Waals surface area contributed by atoms with Gasteiger partial charge in [-0.15, -0.1) is 0 Å². The molecule has 1 rings (SSSR count). The fourth-order valence-corrected chi connectivity index (χ4v) is 0.890. The average Bonchev–Trinajstić information content (AvgIpc) is 1.90. The van der Waals surface area contributed by atoms with E-state index in [2.05, 4.69) is 15.6 Å². The van der Waals surface area contributed by atoms with Gasteiger partial charge in [0.2, 0.25) is 0 Å². The van der Waals surface area contributed by atoms with Gasteiger partial charge in [0.05, 0.1) is 0 Å². The van der Waals surface area contributed by atoms with Crippen molar-refractivity contribution in [1.82, 2.24) is 10.2 Å². The third-order valence-corrected chi connectivity index (χ3v) is 1.75.